The van der Waals surface area contributed by atoms with E-state index in [4.69, 9.17) is 4.74 Å². The van der Waals surface area contributed by atoms with Gasteiger partial charge >= 0.3 is 0 Å². The quantitative estimate of drug-likeness (QED) is 0.390. The highest BCUT2D eigenvalue weighted by atomic mass is 16.5. The molecule has 0 saturated carbocycles. The molecule has 0 heterocycles. The smallest absolute Gasteiger partial charge is 0.254 e. The summed E-state index contributed by atoms with van der Waals surface area (Å²) in [6.07, 6.45) is -2.33. The Labute approximate surface area is 193 Å². The molecular weight excluding hydrogens is 420 g/mol. The van der Waals surface area contributed by atoms with Gasteiger partial charge in [0.15, 0.2) is 12.2 Å². The molecule has 0 aliphatic carbocycles. The van der Waals surface area contributed by atoms with Crippen molar-refractivity contribution in [3.05, 3.63) is 78.4 Å². The monoisotopic (exact) mass is 450 g/mol. The van der Waals surface area contributed by atoms with Crippen LogP contribution < -0.4 is 10.1 Å². The second-order valence-electron chi connectivity index (χ2n) is 7.89. The number of nitrogens with zero attached hydrogens (tertiary/aromatic N) is 1. The van der Waals surface area contributed by atoms with E-state index in [2.05, 4.69) is 5.32 Å². The Morgan fingerprint density at radius 2 is 1.61 bits per heavy atom. The zero-order valence-electron chi connectivity index (χ0n) is 18.7. The third-order valence-corrected chi connectivity index (χ3v) is 5.34. The summed E-state index contributed by atoms with van der Waals surface area (Å²) in [6.45, 7) is 1.05. The number of hydrogen-bond acceptors (Lipinski definition) is 5. The lowest BCUT2D eigenvalue weighted by molar-refractivity contribution is -0.152. The maximum atomic E-state index is 12.4. The Hall–Kier alpha value is -3.42. The highest BCUT2D eigenvalue weighted by Gasteiger charge is 2.32. The zero-order valence-corrected chi connectivity index (χ0v) is 18.7. The third-order valence-electron chi connectivity index (χ3n) is 5.34. The number of fused-ring (bicyclic) bond motifs is 1. The highest BCUT2D eigenvalue weighted by Crippen LogP contribution is 2.25. The number of ether oxygens (including phenoxy) is 1. The molecule has 3 rings (SSSR count). The molecule has 0 fully saturated rings. The molecule has 0 spiro atoms. The summed E-state index contributed by atoms with van der Waals surface area (Å²) in [5.74, 6) is -0.683. The number of carbonyl (C=O) groups is 2. The van der Waals surface area contributed by atoms with E-state index in [0.717, 1.165) is 22.1 Å². The summed E-state index contributed by atoms with van der Waals surface area (Å²) in [7, 11) is 1.51. The molecule has 0 aromatic heterocycles. The van der Waals surface area contributed by atoms with Gasteiger partial charge in [0.2, 0.25) is 0 Å². The van der Waals surface area contributed by atoms with Crippen LogP contribution in [0.15, 0.2) is 72.8 Å². The number of unbranched alkanes of at least 4 members (excludes halogenated alkanes) is 1. The van der Waals surface area contributed by atoms with Gasteiger partial charge < -0.3 is 25.2 Å². The average molecular weight is 451 g/mol. The van der Waals surface area contributed by atoms with Gasteiger partial charge in [-0.1, -0.05) is 66.7 Å². The van der Waals surface area contributed by atoms with Gasteiger partial charge in [-0.3, -0.25) is 9.59 Å². The van der Waals surface area contributed by atoms with E-state index in [9.17, 15) is 19.8 Å². The summed E-state index contributed by atoms with van der Waals surface area (Å²) < 4.78 is 5.87. The number of likely N-dealkylation sites (N-methyl/N-ethyl adjacent to an activating group) is 1. The first kappa shape index (κ1) is 24.2. The largest absolute Gasteiger partial charge is 0.493 e. The van der Waals surface area contributed by atoms with Gasteiger partial charge in [-0.05, 0) is 29.9 Å². The lowest BCUT2D eigenvalue weighted by atomic mass is 10.1. The topological polar surface area (TPSA) is 99.1 Å². The number of nitrogens with one attached hydrogen (secondary N) is 1. The third kappa shape index (κ3) is 6.78. The van der Waals surface area contributed by atoms with Gasteiger partial charge in [0, 0.05) is 25.5 Å². The van der Waals surface area contributed by atoms with Gasteiger partial charge in [0.05, 0.1) is 6.61 Å². The molecule has 2 atom stereocenters. The Morgan fingerprint density at radius 1 is 0.909 bits per heavy atom. The summed E-state index contributed by atoms with van der Waals surface area (Å²) in [5.41, 5.74) is 0.880. The van der Waals surface area contributed by atoms with Crippen LogP contribution in [0.1, 0.15) is 18.4 Å². The molecule has 0 aliphatic rings. The van der Waals surface area contributed by atoms with Crippen molar-refractivity contribution in [1.29, 1.82) is 0 Å². The second kappa shape index (κ2) is 12.0. The molecule has 0 aliphatic heterocycles. The summed E-state index contributed by atoms with van der Waals surface area (Å²) in [5, 5.41) is 24.9. The molecule has 174 valence electrons. The van der Waals surface area contributed by atoms with Crippen molar-refractivity contribution in [3.8, 4) is 5.75 Å². The van der Waals surface area contributed by atoms with Gasteiger partial charge in [0.25, 0.3) is 11.8 Å². The fourth-order valence-corrected chi connectivity index (χ4v) is 3.49. The van der Waals surface area contributed by atoms with Crippen LogP contribution in [0.3, 0.4) is 0 Å². The minimum Gasteiger partial charge on any atom is -0.493 e. The molecule has 3 aromatic carbocycles. The molecule has 3 N–H and O–H groups in total. The summed E-state index contributed by atoms with van der Waals surface area (Å²) >= 11 is 0. The van der Waals surface area contributed by atoms with E-state index in [1.807, 2.05) is 72.8 Å². The van der Waals surface area contributed by atoms with Crippen LogP contribution in [0, 0.1) is 0 Å². The van der Waals surface area contributed by atoms with E-state index in [0.29, 0.717) is 26.0 Å². The first-order chi connectivity index (χ1) is 16.0. The van der Waals surface area contributed by atoms with E-state index < -0.39 is 24.0 Å². The van der Waals surface area contributed by atoms with Gasteiger partial charge in [-0.2, -0.15) is 0 Å². The highest BCUT2D eigenvalue weighted by molar-refractivity contribution is 5.90. The van der Waals surface area contributed by atoms with Crippen LogP contribution in [-0.4, -0.2) is 59.3 Å². The number of carbonyl (C=O) groups excluding carboxylic acids is 2. The Kier molecular flexibility index (Phi) is 8.80. The second-order valence-corrected chi connectivity index (χ2v) is 7.89. The number of benzene rings is 3. The van der Waals surface area contributed by atoms with Crippen LogP contribution in [-0.2, 0) is 16.1 Å². The molecule has 2 amide bonds. The van der Waals surface area contributed by atoms with Crippen molar-refractivity contribution in [1.82, 2.24) is 10.2 Å². The number of aliphatic hydroxyl groups excluding tert-OH is 2. The first-order valence-electron chi connectivity index (χ1n) is 11.0. The Morgan fingerprint density at radius 3 is 2.39 bits per heavy atom. The van der Waals surface area contributed by atoms with E-state index in [1.165, 1.54) is 11.9 Å². The molecule has 7 nitrogen and oxygen atoms in total. The minimum absolute atomic E-state index is 0.266. The van der Waals surface area contributed by atoms with Gasteiger partial charge in [-0.15, -0.1) is 0 Å². The summed E-state index contributed by atoms with van der Waals surface area (Å²) in [6, 6.07) is 23.1. The van der Waals surface area contributed by atoms with Crippen LogP contribution >= 0.6 is 0 Å². The van der Waals surface area contributed by atoms with Crippen molar-refractivity contribution in [3.63, 3.8) is 0 Å². The molecule has 33 heavy (non-hydrogen) atoms. The fourth-order valence-electron chi connectivity index (χ4n) is 3.49. The van der Waals surface area contributed by atoms with Crippen molar-refractivity contribution in [2.24, 2.45) is 0 Å². The Bertz CT molecular complexity index is 1050. The molecule has 0 radical (unpaired) electrons. The van der Waals surface area contributed by atoms with Crippen molar-refractivity contribution >= 4 is 22.6 Å². The number of aliphatic hydroxyl groups is 2. The standard InChI is InChI=1S/C26H30N2O5/c1-28(18-19-10-3-2-4-11-19)26(32)24(30)23(29)25(31)27-16-7-8-17-33-22-15-9-13-20-12-5-6-14-21(20)22/h2-6,9-15,23-24,29-30H,7-8,16-18H2,1H3,(H,27,31)/t23-,24-/m1/s1. The minimum atomic E-state index is -1.83. The van der Waals surface area contributed by atoms with Crippen molar-refractivity contribution in [2.75, 3.05) is 20.2 Å². The van der Waals surface area contributed by atoms with E-state index in [-0.39, 0.29) is 6.54 Å². The fraction of sp³-hybridized carbons (Fsp3) is 0.308. The van der Waals surface area contributed by atoms with Crippen LogP contribution in [0.5, 0.6) is 5.75 Å². The normalized spacial score (nSPS) is 12.7. The van der Waals surface area contributed by atoms with Crippen LogP contribution in [0.4, 0.5) is 0 Å². The number of hydrogen-bond donors (Lipinski definition) is 3. The zero-order chi connectivity index (χ0) is 23.6. The maximum Gasteiger partial charge on any atom is 0.254 e. The molecule has 3 aromatic rings. The lowest BCUT2D eigenvalue weighted by Gasteiger charge is -2.23. The molecule has 7 heteroatoms. The molecular formula is C26H30N2O5. The maximum absolute atomic E-state index is 12.4. The lowest BCUT2D eigenvalue weighted by Crippen LogP contribution is -2.49. The van der Waals surface area contributed by atoms with Crippen LogP contribution in [0.25, 0.3) is 10.8 Å². The number of amides is 2. The van der Waals surface area contributed by atoms with Crippen molar-refractivity contribution < 1.29 is 24.5 Å². The SMILES string of the molecule is CN(Cc1ccccc1)C(=O)[C@H](O)[C@@H](O)C(=O)NCCCCOc1cccc2ccccc12. The van der Waals surface area contributed by atoms with Gasteiger partial charge in [-0.25, -0.2) is 0 Å². The predicted octanol–water partition coefficient (Wildman–Crippen LogP) is 2.50. The number of rotatable bonds is 11. The van der Waals surface area contributed by atoms with Crippen LogP contribution in [0.2, 0.25) is 0 Å². The van der Waals surface area contributed by atoms with E-state index >= 15 is 0 Å². The summed E-state index contributed by atoms with van der Waals surface area (Å²) in [4.78, 5) is 25.8. The molecule has 0 saturated heterocycles. The first-order valence-corrected chi connectivity index (χ1v) is 11.0. The Balaban J connectivity index is 1.36. The molecule has 0 bridgehead atoms. The predicted molar refractivity (Wildman–Crippen MR) is 127 cm³/mol. The molecule has 0 unspecified atom stereocenters. The van der Waals surface area contributed by atoms with E-state index in [1.54, 1.807) is 0 Å². The van der Waals surface area contributed by atoms with Gasteiger partial charge in [0.1, 0.15) is 5.75 Å². The van der Waals surface area contributed by atoms with Crippen molar-refractivity contribution in [2.45, 2.75) is 31.6 Å². The average Bonchev–Trinajstić information content (AvgIpc) is 2.85.